The summed E-state index contributed by atoms with van der Waals surface area (Å²) in [6, 6.07) is 1.97. The van der Waals surface area contributed by atoms with Gasteiger partial charge in [-0.1, -0.05) is 11.6 Å². The Hall–Kier alpha value is -2.12. The van der Waals surface area contributed by atoms with E-state index in [4.69, 9.17) is 21.8 Å². The van der Waals surface area contributed by atoms with Crippen molar-refractivity contribution >= 4 is 29.2 Å². The highest BCUT2D eigenvalue weighted by atomic mass is 35.5. The zero-order valence-electron chi connectivity index (χ0n) is 12.1. The highest BCUT2D eigenvalue weighted by Crippen LogP contribution is 2.18. The highest BCUT2D eigenvalue weighted by molar-refractivity contribution is 6.30. The summed E-state index contributed by atoms with van der Waals surface area (Å²) in [5, 5.41) is 16.3. The lowest BCUT2D eigenvalue weighted by Crippen LogP contribution is -2.44. The van der Waals surface area contributed by atoms with E-state index >= 15 is 0 Å². The van der Waals surface area contributed by atoms with Crippen LogP contribution in [0.3, 0.4) is 0 Å². The van der Waals surface area contributed by atoms with Crippen molar-refractivity contribution in [3.63, 3.8) is 0 Å². The molecule has 120 valence electrons. The predicted octanol–water partition coefficient (Wildman–Crippen LogP) is 1.20. The van der Waals surface area contributed by atoms with Crippen molar-refractivity contribution in [2.45, 2.75) is 0 Å². The van der Waals surface area contributed by atoms with E-state index in [2.05, 4.69) is 21.8 Å². The van der Waals surface area contributed by atoms with Crippen LogP contribution in [0, 0.1) is 0 Å². The van der Waals surface area contributed by atoms with Gasteiger partial charge in [-0.15, -0.1) is 0 Å². The average molecular weight is 328 g/mol. The number of carbonyl (C=O) groups is 2. The molecule has 0 atom stereocenters. The standard InChI is InChI=1S/C10H14ClN3.C4H4O4/c1-13-2-4-14(5-3-13)10-6-9(11)7-12-8-10;5-3(6)1-2-4(7)8/h6-8H,2-5H2,1H3;1-2H,(H,5,6)(H,7,8)/b;2-1+. The van der Waals surface area contributed by atoms with Crippen LogP contribution < -0.4 is 4.90 Å². The van der Waals surface area contributed by atoms with Crippen molar-refractivity contribution < 1.29 is 19.8 Å². The number of pyridine rings is 1. The molecule has 0 radical (unpaired) electrons. The Morgan fingerprint density at radius 3 is 2.14 bits per heavy atom. The van der Waals surface area contributed by atoms with E-state index in [1.807, 2.05) is 12.3 Å². The molecule has 1 saturated heterocycles. The van der Waals surface area contributed by atoms with Gasteiger partial charge in [0.25, 0.3) is 0 Å². The summed E-state index contributed by atoms with van der Waals surface area (Å²) in [6.45, 7) is 4.32. The lowest BCUT2D eigenvalue weighted by molar-refractivity contribution is -0.134. The molecule has 0 bridgehead atoms. The number of halogens is 1. The molecule has 1 aliphatic heterocycles. The quantitative estimate of drug-likeness (QED) is 0.805. The number of carboxylic acids is 2. The van der Waals surface area contributed by atoms with Gasteiger partial charge in [0.2, 0.25) is 0 Å². The molecule has 1 aromatic heterocycles. The van der Waals surface area contributed by atoms with Crippen molar-refractivity contribution in [2.75, 3.05) is 38.1 Å². The molecular weight excluding hydrogens is 310 g/mol. The summed E-state index contributed by atoms with van der Waals surface area (Å²) < 4.78 is 0. The van der Waals surface area contributed by atoms with Crippen LogP contribution in [0.15, 0.2) is 30.6 Å². The van der Waals surface area contributed by atoms with Crippen LogP contribution in [-0.4, -0.2) is 65.3 Å². The Bertz CT molecular complexity index is 527. The third kappa shape index (κ3) is 7.05. The third-order valence-corrected chi connectivity index (χ3v) is 3.13. The van der Waals surface area contributed by atoms with Gasteiger partial charge in [-0.3, -0.25) is 4.98 Å². The number of piperazine rings is 1. The van der Waals surface area contributed by atoms with Gasteiger partial charge in [0.1, 0.15) is 0 Å². The number of aromatic nitrogens is 1. The third-order valence-electron chi connectivity index (χ3n) is 2.93. The molecule has 0 aromatic carbocycles. The highest BCUT2D eigenvalue weighted by Gasteiger charge is 2.14. The van der Waals surface area contributed by atoms with Crippen molar-refractivity contribution in [3.8, 4) is 0 Å². The molecule has 7 nitrogen and oxygen atoms in total. The molecule has 1 aromatic rings. The Labute approximate surface area is 133 Å². The van der Waals surface area contributed by atoms with Crippen LogP contribution in [0.5, 0.6) is 0 Å². The summed E-state index contributed by atoms with van der Waals surface area (Å²) in [6.07, 6.45) is 4.66. The zero-order chi connectivity index (χ0) is 16.5. The Morgan fingerprint density at radius 1 is 1.14 bits per heavy atom. The first-order chi connectivity index (χ1) is 10.4. The normalized spacial score (nSPS) is 15.3. The number of likely N-dealkylation sites (N-methyl/N-ethyl adjacent to an activating group) is 1. The fraction of sp³-hybridized carbons (Fsp3) is 0.357. The van der Waals surface area contributed by atoms with Crippen LogP contribution in [0.4, 0.5) is 5.69 Å². The fourth-order valence-corrected chi connectivity index (χ4v) is 1.95. The number of carboxylic acid groups (broad SMARTS) is 2. The molecule has 22 heavy (non-hydrogen) atoms. The molecule has 8 heteroatoms. The molecule has 0 spiro atoms. The van der Waals surface area contributed by atoms with E-state index in [1.165, 1.54) is 0 Å². The van der Waals surface area contributed by atoms with Crippen LogP contribution in [0.1, 0.15) is 0 Å². The Kier molecular flexibility index (Phi) is 7.34. The van der Waals surface area contributed by atoms with E-state index in [1.54, 1.807) is 6.20 Å². The second kappa shape index (κ2) is 9.01. The summed E-state index contributed by atoms with van der Waals surface area (Å²) in [4.78, 5) is 27.8. The second-order valence-corrected chi connectivity index (χ2v) is 5.10. The van der Waals surface area contributed by atoms with Crippen LogP contribution in [-0.2, 0) is 9.59 Å². The van der Waals surface area contributed by atoms with Gasteiger partial charge < -0.3 is 20.0 Å². The van der Waals surface area contributed by atoms with Gasteiger partial charge in [-0.25, -0.2) is 9.59 Å². The van der Waals surface area contributed by atoms with Crippen molar-refractivity contribution in [3.05, 3.63) is 35.6 Å². The van der Waals surface area contributed by atoms with Gasteiger partial charge in [-0.05, 0) is 13.1 Å². The summed E-state index contributed by atoms with van der Waals surface area (Å²) in [5.41, 5.74) is 1.13. The van der Waals surface area contributed by atoms with Crippen molar-refractivity contribution in [1.29, 1.82) is 0 Å². The summed E-state index contributed by atoms with van der Waals surface area (Å²) >= 11 is 5.89. The molecule has 1 aliphatic rings. The first-order valence-corrected chi connectivity index (χ1v) is 6.94. The van der Waals surface area contributed by atoms with E-state index in [0.717, 1.165) is 31.9 Å². The molecule has 0 unspecified atom stereocenters. The monoisotopic (exact) mass is 327 g/mol. The maximum Gasteiger partial charge on any atom is 0.328 e. The topological polar surface area (TPSA) is 94.0 Å². The number of nitrogens with zero attached hydrogens (tertiary/aromatic N) is 3. The molecule has 0 saturated carbocycles. The van der Waals surface area contributed by atoms with E-state index in [-0.39, 0.29) is 0 Å². The van der Waals surface area contributed by atoms with Crippen LogP contribution in [0.2, 0.25) is 5.02 Å². The van der Waals surface area contributed by atoms with Crippen molar-refractivity contribution in [2.24, 2.45) is 0 Å². The second-order valence-electron chi connectivity index (χ2n) is 4.66. The number of aliphatic carboxylic acids is 2. The SMILES string of the molecule is CN1CCN(c2cncc(Cl)c2)CC1.O=C(O)/C=C/C(=O)O. The Balaban J connectivity index is 0.000000261. The van der Waals surface area contributed by atoms with E-state index < -0.39 is 11.9 Å². The predicted molar refractivity (Wildman–Crippen MR) is 83.4 cm³/mol. The van der Waals surface area contributed by atoms with Gasteiger partial charge >= 0.3 is 11.9 Å². The van der Waals surface area contributed by atoms with Gasteiger partial charge in [0, 0.05) is 44.5 Å². The summed E-state index contributed by atoms with van der Waals surface area (Å²) in [7, 11) is 2.15. The van der Waals surface area contributed by atoms with Crippen molar-refractivity contribution in [1.82, 2.24) is 9.88 Å². The Morgan fingerprint density at radius 2 is 1.68 bits per heavy atom. The van der Waals surface area contributed by atoms with Crippen LogP contribution in [0.25, 0.3) is 0 Å². The van der Waals surface area contributed by atoms with E-state index in [9.17, 15) is 9.59 Å². The molecule has 2 heterocycles. The van der Waals surface area contributed by atoms with Crippen LogP contribution >= 0.6 is 11.6 Å². The minimum Gasteiger partial charge on any atom is -0.478 e. The first kappa shape index (κ1) is 17.9. The number of hydrogen-bond donors (Lipinski definition) is 2. The maximum absolute atomic E-state index is 9.55. The lowest BCUT2D eigenvalue weighted by atomic mass is 10.3. The summed E-state index contributed by atoms with van der Waals surface area (Å²) in [5.74, 6) is -2.51. The average Bonchev–Trinajstić information content (AvgIpc) is 2.46. The molecule has 0 aliphatic carbocycles. The smallest absolute Gasteiger partial charge is 0.328 e. The molecule has 2 N–H and O–H groups in total. The van der Waals surface area contributed by atoms with Gasteiger partial charge in [0.15, 0.2) is 0 Å². The maximum atomic E-state index is 9.55. The largest absolute Gasteiger partial charge is 0.478 e. The molecule has 2 rings (SSSR count). The first-order valence-electron chi connectivity index (χ1n) is 6.56. The minimum absolute atomic E-state index is 0.558. The molecule has 1 fully saturated rings. The van der Waals surface area contributed by atoms with Gasteiger partial charge in [-0.2, -0.15) is 0 Å². The zero-order valence-corrected chi connectivity index (χ0v) is 12.9. The number of hydrogen-bond acceptors (Lipinski definition) is 5. The molecular formula is C14H18ClN3O4. The minimum atomic E-state index is -1.26. The fourth-order valence-electron chi connectivity index (χ4n) is 1.78. The molecule has 0 amide bonds. The lowest BCUT2D eigenvalue weighted by Gasteiger charge is -2.33. The van der Waals surface area contributed by atoms with E-state index in [0.29, 0.717) is 17.2 Å². The number of anilines is 1. The number of rotatable bonds is 3. The van der Waals surface area contributed by atoms with Gasteiger partial charge in [0.05, 0.1) is 16.9 Å².